The number of benzene rings is 2. The molecule has 0 saturated carbocycles. The summed E-state index contributed by atoms with van der Waals surface area (Å²) in [5.41, 5.74) is 6.48. The second-order valence-corrected chi connectivity index (χ2v) is 9.20. The first-order chi connectivity index (χ1) is 15.7. The van der Waals surface area contributed by atoms with Crippen LogP contribution < -0.4 is 5.32 Å². The summed E-state index contributed by atoms with van der Waals surface area (Å²) in [7, 11) is 0. The summed E-state index contributed by atoms with van der Waals surface area (Å²) in [4.78, 5) is 40.6. The zero-order valence-corrected chi connectivity index (χ0v) is 19.4. The summed E-state index contributed by atoms with van der Waals surface area (Å²) in [6.45, 7) is 7.71. The van der Waals surface area contributed by atoms with E-state index in [0.29, 0.717) is 12.0 Å². The van der Waals surface area contributed by atoms with E-state index in [4.69, 9.17) is 0 Å². The van der Waals surface area contributed by atoms with Gasteiger partial charge in [0.15, 0.2) is 5.78 Å². The zero-order valence-electron chi connectivity index (χ0n) is 19.4. The summed E-state index contributed by atoms with van der Waals surface area (Å²) in [6, 6.07) is 15.2. The Morgan fingerprint density at radius 2 is 1.76 bits per heavy atom. The van der Waals surface area contributed by atoms with Crippen molar-refractivity contribution in [1.29, 1.82) is 0 Å². The van der Waals surface area contributed by atoms with E-state index in [0.717, 1.165) is 39.5 Å². The molecule has 168 valence electrons. The lowest BCUT2D eigenvalue weighted by molar-refractivity contribution is -0.131. The first-order valence-corrected chi connectivity index (χ1v) is 11.3. The second-order valence-electron chi connectivity index (χ2n) is 9.20. The molecular formula is C27H27N3O3. The molecule has 6 heteroatoms. The largest absolute Gasteiger partial charge is 0.325 e. The number of nitrogens with one attached hydrogen (secondary N) is 1. The Balaban J connectivity index is 1.43. The number of hydrogen-bond donors (Lipinski definition) is 1. The molecule has 1 saturated heterocycles. The molecule has 1 N–H and O–H groups in total. The van der Waals surface area contributed by atoms with Crippen LogP contribution in [-0.4, -0.2) is 33.7 Å². The number of carbonyl (C=O) groups excluding carboxylic acids is 3. The number of imide groups is 1. The van der Waals surface area contributed by atoms with Crippen LogP contribution in [0.5, 0.6) is 0 Å². The Morgan fingerprint density at radius 3 is 2.52 bits per heavy atom. The van der Waals surface area contributed by atoms with Gasteiger partial charge in [-0.2, -0.15) is 0 Å². The highest BCUT2D eigenvalue weighted by molar-refractivity contribution is 6.12. The summed E-state index contributed by atoms with van der Waals surface area (Å²) in [6.07, 6.45) is 1.24. The van der Waals surface area contributed by atoms with E-state index < -0.39 is 11.6 Å². The molecule has 3 aromatic rings. The van der Waals surface area contributed by atoms with E-state index in [1.807, 2.05) is 54.8 Å². The number of ketones is 1. The normalized spacial score (nSPS) is 19.3. The lowest BCUT2D eigenvalue weighted by Crippen LogP contribution is -2.42. The second kappa shape index (κ2) is 7.44. The molecule has 1 aromatic heterocycles. The van der Waals surface area contributed by atoms with Crippen molar-refractivity contribution in [2.24, 2.45) is 0 Å². The maximum atomic E-state index is 13.4. The molecule has 0 bridgehead atoms. The van der Waals surface area contributed by atoms with Gasteiger partial charge in [-0.3, -0.25) is 14.5 Å². The molecule has 6 nitrogen and oxygen atoms in total. The number of Topliss-reactive ketones (excluding diaryl/α,β-unsaturated/α-hetero) is 1. The van der Waals surface area contributed by atoms with Crippen molar-refractivity contribution in [3.8, 4) is 5.69 Å². The fraction of sp³-hybridized carbons (Fsp3) is 0.296. The highest BCUT2D eigenvalue weighted by Crippen LogP contribution is 2.41. The maximum absolute atomic E-state index is 13.4. The summed E-state index contributed by atoms with van der Waals surface area (Å²) in [5, 5.41) is 2.89. The van der Waals surface area contributed by atoms with Gasteiger partial charge >= 0.3 is 6.03 Å². The quantitative estimate of drug-likeness (QED) is 0.485. The van der Waals surface area contributed by atoms with Crippen LogP contribution in [0.3, 0.4) is 0 Å². The maximum Gasteiger partial charge on any atom is 0.325 e. The van der Waals surface area contributed by atoms with E-state index in [2.05, 4.69) is 31.3 Å². The summed E-state index contributed by atoms with van der Waals surface area (Å²) >= 11 is 0. The Hall–Kier alpha value is -3.67. The third kappa shape index (κ3) is 3.12. The van der Waals surface area contributed by atoms with Gasteiger partial charge in [0.05, 0.1) is 6.54 Å². The predicted octanol–water partition coefficient (Wildman–Crippen LogP) is 4.29. The number of amides is 3. The average Bonchev–Trinajstić information content (AvgIpc) is 3.38. The SMILES string of the molecule is Cc1ccc(-n2c(C)cc(C(=O)CN3C(=O)N[C@@]4(CCc5ccccc54)C3=O)c2C)cc1C. The fourth-order valence-corrected chi connectivity index (χ4v) is 5.27. The molecule has 1 atom stereocenters. The fourth-order valence-electron chi connectivity index (χ4n) is 5.27. The van der Waals surface area contributed by atoms with E-state index in [-0.39, 0.29) is 18.2 Å². The minimum absolute atomic E-state index is 0.245. The molecule has 1 fully saturated rings. The van der Waals surface area contributed by atoms with Crippen LogP contribution in [0.15, 0.2) is 48.5 Å². The smallest absolute Gasteiger partial charge is 0.319 e. The van der Waals surface area contributed by atoms with Crippen LogP contribution >= 0.6 is 0 Å². The van der Waals surface area contributed by atoms with Gasteiger partial charge in [-0.1, -0.05) is 30.3 Å². The molecule has 33 heavy (non-hydrogen) atoms. The first-order valence-electron chi connectivity index (χ1n) is 11.3. The molecule has 2 aliphatic rings. The number of urea groups is 1. The number of rotatable bonds is 4. The minimum Gasteiger partial charge on any atom is -0.319 e. The van der Waals surface area contributed by atoms with Gasteiger partial charge in [-0.15, -0.1) is 0 Å². The van der Waals surface area contributed by atoms with Gasteiger partial charge in [0.25, 0.3) is 5.91 Å². The predicted molar refractivity (Wildman–Crippen MR) is 126 cm³/mol. The van der Waals surface area contributed by atoms with Crippen LogP contribution in [0, 0.1) is 27.7 Å². The Morgan fingerprint density at radius 1 is 1.00 bits per heavy atom. The number of fused-ring (bicyclic) bond motifs is 2. The monoisotopic (exact) mass is 441 g/mol. The van der Waals surface area contributed by atoms with Gasteiger partial charge in [0.1, 0.15) is 5.54 Å². The number of hydrogen-bond acceptors (Lipinski definition) is 3. The minimum atomic E-state index is -1.05. The highest BCUT2D eigenvalue weighted by atomic mass is 16.2. The Kier molecular flexibility index (Phi) is 4.78. The van der Waals surface area contributed by atoms with Gasteiger partial charge in [0, 0.05) is 22.6 Å². The molecule has 1 aliphatic heterocycles. The number of aryl methyl sites for hydroxylation is 4. The third-order valence-corrected chi connectivity index (χ3v) is 7.20. The molecule has 3 amide bonds. The van der Waals surface area contributed by atoms with Crippen molar-refractivity contribution in [3.63, 3.8) is 0 Å². The van der Waals surface area contributed by atoms with Gasteiger partial charge in [0.2, 0.25) is 0 Å². The molecule has 5 rings (SSSR count). The first kappa shape index (κ1) is 21.2. The molecule has 2 aromatic carbocycles. The molecule has 1 spiro atoms. The van der Waals surface area contributed by atoms with E-state index in [1.54, 1.807) is 0 Å². The van der Waals surface area contributed by atoms with Crippen molar-refractivity contribution in [2.45, 2.75) is 46.1 Å². The van der Waals surface area contributed by atoms with Crippen LogP contribution in [0.4, 0.5) is 4.79 Å². The lowest BCUT2D eigenvalue weighted by atomic mass is 9.92. The third-order valence-electron chi connectivity index (χ3n) is 7.20. The van der Waals surface area contributed by atoms with Crippen molar-refractivity contribution >= 4 is 17.7 Å². The standard InChI is InChI=1S/C27H27N3O3/c1-16-9-10-21(13-17(16)2)30-18(3)14-22(19(30)4)24(31)15-29-25(32)27(28-26(29)33)12-11-20-7-5-6-8-23(20)27/h5-10,13-14H,11-12,15H2,1-4H3,(H,28,33)/t27-/m1/s1. The molecule has 1 aliphatic carbocycles. The highest BCUT2D eigenvalue weighted by Gasteiger charge is 2.55. The van der Waals surface area contributed by atoms with Gasteiger partial charge in [-0.05, 0) is 81.0 Å². The van der Waals surface area contributed by atoms with E-state index in [1.165, 1.54) is 11.1 Å². The van der Waals surface area contributed by atoms with Crippen LogP contribution in [-0.2, 0) is 16.8 Å². The van der Waals surface area contributed by atoms with Crippen molar-refractivity contribution < 1.29 is 14.4 Å². The van der Waals surface area contributed by atoms with Crippen molar-refractivity contribution in [1.82, 2.24) is 14.8 Å². The van der Waals surface area contributed by atoms with Crippen molar-refractivity contribution in [3.05, 3.63) is 87.7 Å². The van der Waals surface area contributed by atoms with E-state index in [9.17, 15) is 14.4 Å². The summed E-state index contributed by atoms with van der Waals surface area (Å²) < 4.78 is 2.04. The topological polar surface area (TPSA) is 71.4 Å². The molecule has 2 heterocycles. The molecule has 0 unspecified atom stereocenters. The van der Waals surface area contributed by atoms with Crippen LogP contribution in [0.2, 0.25) is 0 Å². The van der Waals surface area contributed by atoms with E-state index >= 15 is 0 Å². The Labute approximate surface area is 193 Å². The zero-order chi connectivity index (χ0) is 23.5. The van der Waals surface area contributed by atoms with Crippen molar-refractivity contribution in [2.75, 3.05) is 6.54 Å². The van der Waals surface area contributed by atoms with Crippen LogP contribution in [0.25, 0.3) is 5.69 Å². The Bertz CT molecular complexity index is 1340. The number of aromatic nitrogens is 1. The van der Waals surface area contributed by atoms with Gasteiger partial charge < -0.3 is 9.88 Å². The van der Waals surface area contributed by atoms with Gasteiger partial charge in [-0.25, -0.2) is 4.79 Å². The lowest BCUT2D eigenvalue weighted by Gasteiger charge is -2.22. The average molecular weight is 442 g/mol. The van der Waals surface area contributed by atoms with Crippen LogP contribution in [0.1, 0.15) is 50.4 Å². The number of nitrogens with zero attached hydrogens (tertiary/aromatic N) is 2. The number of carbonyl (C=O) groups is 3. The molecular weight excluding hydrogens is 414 g/mol. The summed E-state index contributed by atoms with van der Waals surface area (Å²) in [5.74, 6) is -0.584. The molecule has 0 radical (unpaired) electrons.